The standard InChI is InChI=1S/C13H11ClN2O2S/c14-12-8-6-11(7-9-12)10-15-16-19(17,18)13-4-2-1-3-5-13/h1-10,16H. The molecule has 0 spiro atoms. The lowest BCUT2D eigenvalue weighted by Gasteiger charge is -2.02. The van der Waals surface area contributed by atoms with Crippen LogP contribution in [0.3, 0.4) is 0 Å². The maximum Gasteiger partial charge on any atom is 0.276 e. The Hall–Kier alpha value is -1.85. The highest BCUT2D eigenvalue weighted by atomic mass is 35.5. The Morgan fingerprint density at radius 1 is 1.00 bits per heavy atom. The quantitative estimate of drug-likeness (QED) is 0.696. The fourth-order valence-corrected chi connectivity index (χ4v) is 2.31. The molecule has 0 heterocycles. The van der Waals surface area contributed by atoms with Crippen molar-refractivity contribution < 1.29 is 8.42 Å². The number of hydrogen-bond donors (Lipinski definition) is 1. The van der Waals surface area contributed by atoms with Gasteiger partial charge < -0.3 is 0 Å². The molecule has 0 radical (unpaired) electrons. The van der Waals surface area contributed by atoms with Crippen LogP contribution in [-0.2, 0) is 10.0 Å². The smallest absolute Gasteiger partial charge is 0.200 e. The maximum atomic E-state index is 11.8. The van der Waals surface area contributed by atoms with E-state index in [1.807, 2.05) is 0 Å². The number of halogens is 1. The van der Waals surface area contributed by atoms with Gasteiger partial charge in [-0.2, -0.15) is 13.5 Å². The summed E-state index contributed by atoms with van der Waals surface area (Å²) in [6.07, 6.45) is 1.41. The van der Waals surface area contributed by atoms with Gasteiger partial charge in [-0.1, -0.05) is 41.9 Å². The van der Waals surface area contributed by atoms with Gasteiger partial charge in [-0.25, -0.2) is 4.83 Å². The highest BCUT2D eigenvalue weighted by Crippen LogP contribution is 2.09. The normalized spacial score (nSPS) is 11.6. The van der Waals surface area contributed by atoms with Crippen molar-refractivity contribution in [1.29, 1.82) is 0 Å². The van der Waals surface area contributed by atoms with E-state index in [-0.39, 0.29) is 4.90 Å². The molecular formula is C13H11ClN2O2S. The van der Waals surface area contributed by atoms with E-state index in [0.717, 1.165) is 5.56 Å². The van der Waals surface area contributed by atoms with Crippen molar-refractivity contribution in [2.24, 2.45) is 5.10 Å². The molecule has 0 fully saturated rings. The summed E-state index contributed by atoms with van der Waals surface area (Å²) in [7, 11) is -3.61. The second kappa shape index (κ2) is 5.86. The molecule has 0 saturated heterocycles. The van der Waals surface area contributed by atoms with Crippen LogP contribution in [0.5, 0.6) is 0 Å². The molecule has 1 N–H and O–H groups in total. The molecule has 0 aliphatic heterocycles. The van der Waals surface area contributed by atoms with Crippen molar-refractivity contribution in [3.05, 3.63) is 65.2 Å². The third-order valence-electron chi connectivity index (χ3n) is 2.31. The molecule has 0 aliphatic carbocycles. The van der Waals surface area contributed by atoms with Gasteiger partial charge in [0.05, 0.1) is 11.1 Å². The van der Waals surface area contributed by atoms with Gasteiger partial charge in [-0.15, -0.1) is 0 Å². The third kappa shape index (κ3) is 3.81. The van der Waals surface area contributed by atoms with Crippen LogP contribution in [0, 0.1) is 0 Å². The second-order valence-electron chi connectivity index (χ2n) is 3.72. The molecule has 2 rings (SSSR count). The number of benzene rings is 2. The van der Waals surface area contributed by atoms with Crippen molar-refractivity contribution in [2.45, 2.75) is 4.90 Å². The molecule has 19 heavy (non-hydrogen) atoms. The number of nitrogens with zero attached hydrogens (tertiary/aromatic N) is 1. The fourth-order valence-electron chi connectivity index (χ4n) is 1.37. The average Bonchev–Trinajstić information content (AvgIpc) is 2.42. The molecule has 98 valence electrons. The molecule has 2 aromatic rings. The van der Waals surface area contributed by atoms with E-state index in [4.69, 9.17) is 11.6 Å². The van der Waals surface area contributed by atoms with E-state index in [2.05, 4.69) is 9.93 Å². The van der Waals surface area contributed by atoms with E-state index >= 15 is 0 Å². The molecule has 0 atom stereocenters. The maximum absolute atomic E-state index is 11.8. The number of hydrogen-bond acceptors (Lipinski definition) is 3. The highest BCUT2D eigenvalue weighted by molar-refractivity contribution is 7.89. The van der Waals surface area contributed by atoms with Crippen LogP contribution >= 0.6 is 11.6 Å². The molecule has 0 saturated carbocycles. The Bertz CT molecular complexity index is 668. The van der Waals surface area contributed by atoms with Gasteiger partial charge >= 0.3 is 0 Å². The molecule has 0 unspecified atom stereocenters. The van der Waals surface area contributed by atoms with Crippen molar-refractivity contribution in [3.63, 3.8) is 0 Å². The molecule has 2 aromatic carbocycles. The summed E-state index contributed by atoms with van der Waals surface area (Å²) in [4.78, 5) is 2.32. The van der Waals surface area contributed by atoms with Crippen LogP contribution < -0.4 is 4.83 Å². The van der Waals surface area contributed by atoms with E-state index in [1.54, 1.807) is 42.5 Å². The SMILES string of the molecule is O=S(=O)(NN=Cc1ccc(Cl)cc1)c1ccccc1. The van der Waals surface area contributed by atoms with Gasteiger partial charge in [-0.05, 0) is 29.8 Å². The van der Waals surface area contributed by atoms with Gasteiger partial charge in [0, 0.05) is 5.02 Å². The summed E-state index contributed by atoms with van der Waals surface area (Å²) in [5.74, 6) is 0. The molecule has 0 amide bonds. The topological polar surface area (TPSA) is 58.5 Å². The first-order chi connectivity index (χ1) is 9.08. The van der Waals surface area contributed by atoms with Crippen molar-refractivity contribution in [2.75, 3.05) is 0 Å². The molecule has 0 aliphatic rings. The Kier molecular flexibility index (Phi) is 4.19. The van der Waals surface area contributed by atoms with E-state index in [0.29, 0.717) is 5.02 Å². The van der Waals surface area contributed by atoms with Crippen LogP contribution in [0.15, 0.2) is 64.6 Å². The van der Waals surface area contributed by atoms with Crippen LogP contribution in [0.25, 0.3) is 0 Å². The Morgan fingerprint density at radius 3 is 2.26 bits per heavy atom. The zero-order chi connectivity index (χ0) is 13.7. The first-order valence-electron chi connectivity index (χ1n) is 5.43. The zero-order valence-corrected chi connectivity index (χ0v) is 11.4. The predicted molar refractivity (Wildman–Crippen MR) is 75.8 cm³/mol. The Balaban J connectivity index is 2.08. The van der Waals surface area contributed by atoms with Gasteiger partial charge in [0.15, 0.2) is 0 Å². The molecule has 6 heteroatoms. The summed E-state index contributed by atoms with van der Waals surface area (Å²) in [5.41, 5.74) is 0.750. The number of hydrazone groups is 1. The van der Waals surface area contributed by atoms with Crippen LogP contribution in [0.2, 0.25) is 5.02 Å². The van der Waals surface area contributed by atoms with Crippen molar-refractivity contribution >= 4 is 27.8 Å². The van der Waals surface area contributed by atoms with Crippen LogP contribution in [0.1, 0.15) is 5.56 Å². The number of rotatable bonds is 4. The third-order valence-corrected chi connectivity index (χ3v) is 3.80. The first-order valence-corrected chi connectivity index (χ1v) is 7.29. The molecular weight excluding hydrogens is 284 g/mol. The average molecular weight is 295 g/mol. The minimum Gasteiger partial charge on any atom is -0.200 e. The highest BCUT2D eigenvalue weighted by Gasteiger charge is 2.10. The van der Waals surface area contributed by atoms with Crippen LogP contribution in [0.4, 0.5) is 0 Å². The summed E-state index contributed by atoms with van der Waals surface area (Å²) in [6.45, 7) is 0. The summed E-state index contributed by atoms with van der Waals surface area (Å²) < 4.78 is 23.7. The lowest BCUT2D eigenvalue weighted by Crippen LogP contribution is -2.18. The van der Waals surface area contributed by atoms with E-state index in [9.17, 15) is 8.42 Å². The number of nitrogens with one attached hydrogen (secondary N) is 1. The Labute approximate surface area is 116 Å². The number of sulfonamides is 1. The van der Waals surface area contributed by atoms with Gasteiger partial charge in [0.25, 0.3) is 10.0 Å². The lowest BCUT2D eigenvalue weighted by atomic mass is 10.2. The molecule has 0 bridgehead atoms. The largest absolute Gasteiger partial charge is 0.276 e. The zero-order valence-electron chi connectivity index (χ0n) is 9.82. The lowest BCUT2D eigenvalue weighted by molar-refractivity contribution is 0.584. The van der Waals surface area contributed by atoms with Gasteiger partial charge in [0.2, 0.25) is 0 Å². The molecule has 0 aromatic heterocycles. The summed E-state index contributed by atoms with van der Waals surface area (Å²) in [6, 6.07) is 14.9. The van der Waals surface area contributed by atoms with Crippen molar-refractivity contribution in [3.8, 4) is 0 Å². The predicted octanol–water partition coefficient (Wildman–Crippen LogP) is 2.65. The second-order valence-corrected chi connectivity index (χ2v) is 5.81. The molecule has 4 nitrogen and oxygen atoms in total. The summed E-state index contributed by atoms with van der Waals surface area (Å²) >= 11 is 5.74. The van der Waals surface area contributed by atoms with E-state index in [1.165, 1.54) is 18.3 Å². The minimum absolute atomic E-state index is 0.170. The summed E-state index contributed by atoms with van der Waals surface area (Å²) in [5, 5.41) is 4.33. The van der Waals surface area contributed by atoms with E-state index < -0.39 is 10.0 Å². The fraction of sp³-hybridized carbons (Fsp3) is 0. The Morgan fingerprint density at radius 2 is 1.63 bits per heavy atom. The van der Waals surface area contributed by atoms with Gasteiger partial charge in [-0.3, -0.25) is 0 Å². The van der Waals surface area contributed by atoms with Crippen LogP contribution in [-0.4, -0.2) is 14.6 Å². The van der Waals surface area contributed by atoms with Gasteiger partial charge in [0.1, 0.15) is 0 Å². The minimum atomic E-state index is -3.61. The monoisotopic (exact) mass is 294 g/mol. The first kappa shape index (κ1) is 13.6. The van der Waals surface area contributed by atoms with Crippen molar-refractivity contribution in [1.82, 2.24) is 4.83 Å².